The minimum Gasteiger partial charge on any atom is -0.355 e. The summed E-state index contributed by atoms with van der Waals surface area (Å²) in [4.78, 5) is 16.0. The normalized spacial score (nSPS) is 11.7. The zero-order valence-electron chi connectivity index (χ0n) is 15.4. The fraction of sp³-hybridized carbons (Fsp3) is 0.0435. The Balaban J connectivity index is 0.000000442. The molecule has 0 aliphatic carbocycles. The molecule has 3 aromatic rings. The van der Waals surface area contributed by atoms with Crippen molar-refractivity contribution in [1.82, 2.24) is 19.9 Å². The minimum absolute atomic E-state index is 0.939. The number of aromatic amines is 2. The molecule has 134 valence electrons. The number of H-pyrrole nitrogens is 2. The number of aromatic nitrogens is 4. The van der Waals surface area contributed by atoms with E-state index in [0.29, 0.717) is 0 Å². The van der Waals surface area contributed by atoms with Gasteiger partial charge in [-0.25, -0.2) is 9.97 Å². The van der Waals surface area contributed by atoms with Gasteiger partial charge in [0.05, 0.1) is 22.8 Å². The predicted octanol–water partition coefficient (Wildman–Crippen LogP) is 5.41. The highest BCUT2D eigenvalue weighted by molar-refractivity contribution is 6.09. The van der Waals surface area contributed by atoms with Crippen molar-refractivity contribution in [2.75, 3.05) is 0 Å². The molecule has 0 fully saturated rings. The molecule has 0 unspecified atom stereocenters. The first-order chi connectivity index (χ1) is 13.7. The molecule has 28 heavy (non-hydrogen) atoms. The molecule has 2 radical (unpaired) electrons. The molecule has 4 nitrogen and oxygen atoms in total. The summed E-state index contributed by atoms with van der Waals surface area (Å²) < 4.78 is 0. The number of fused-ring (bicyclic) bond motifs is 8. The van der Waals surface area contributed by atoms with Crippen molar-refractivity contribution >= 4 is 62.7 Å². The van der Waals surface area contributed by atoms with E-state index in [1.54, 1.807) is 0 Å². The smallest absolute Gasteiger partial charge is 0.124 e. The molecule has 2 N–H and O–H groups in total. The van der Waals surface area contributed by atoms with Gasteiger partial charge in [0.15, 0.2) is 0 Å². The highest BCUT2D eigenvalue weighted by atomic mass is 27.0. The van der Waals surface area contributed by atoms with E-state index >= 15 is 0 Å². The van der Waals surface area contributed by atoms with E-state index in [9.17, 15) is 0 Å². The molecule has 5 heterocycles. The molecule has 0 saturated heterocycles. The van der Waals surface area contributed by atoms with E-state index in [4.69, 9.17) is 0 Å². The van der Waals surface area contributed by atoms with Crippen LogP contribution in [0.25, 0.3) is 46.4 Å². The maximum atomic E-state index is 4.63. The fourth-order valence-corrected chi connectivity index (χ4v) is 2.94. The molecule has 5 heteroatoms. The van der Waals surface area contributed by atoms with Crippen LogP contribution in [-0.4, -0.2) is 36.2 Å². The van der Waals surface area contributed by atoms with Crippen molar-refractivity contribution in [2.45, 2.75) is 5.28 Å². The SMILES string of the molecule is C1=Cc2cc3ccc(cc4nc(cc5ccc(cc1n2)[nH]5)C=C4)[nH]3.C=C[CH2][Al]. The van der Waals surface area contributed by atoms with Gasteiger partial charge >= 0.3 is 0 Å². The summed E-state index contributed by atoms with van der Waals surface area (Å²) in [7, 11) is 0. The molecule has 2 aliphatic heterocycles. The van der Waals surface area contributed by atoms with Crippen LogP contribution in [-0.2, 0) is 0 Å². The van der Waals surface area contributed by atoms with Gasteiger partial charge in [-0.1, -0.05) is 0 Å². The summed E-state index contributed by atoms with van der Waals surface area (Å²) in [5, 5.41) is 1.00. The summed E-state index contributed by atoms with van der Waals surface area (Å²) in [6, 6.07) is 16.4. The Morgan fingerprint density at radius 2 is 0.964 bits per heavy atom. The van der Waals surface area contributed by atoms with Gasteiger partial charge in [-0.15, -0.1) is 17.9 Å². The number of nitrogens with zero attached hydrogens (tertiary/aromatic N) is 2. The molecule has 5 rings (SSSR count). The summed E-state index contributed by atoms with van der Waals surface area (Å²) >= 11 is 2.54. The van der Waals surface area contributed by atoms with Gasteiger partial charge in [0.2, 0.25) is 0 Å². The van der Waals surface area contributed by atoms with Crippen molar-refractivity contribution in [2.24, 2.45) is 0 Å². The van der Waals surface area contributed by atoms with Crippen LogP contribution in [0, 0.1) is 0 Å². The lowest BCUT2D eigenvalue weighted by Crippen LogP contribution is -1.75. The molecule has 0 saturated carbocycles. The molecule has 2 aliphatic rings. The van der Waals surface area contributed by atoms with Gasteiger partial charge < -0.3 is 9.97 Å². The van der Waals surface area contributed by atoms with Gasteiger partial charge in [0, 0.05) is 22.1 Å². The number of rotatable bonds is 1. The van der Waals surface area contributed by atoms with Crippen LogP contribution < -0.4 is 0 Å². The zero-order valence-corrected chi connectivity index (χ0v) is 16.5. The maximum absolute atomic E-state index is 4.63. The lowest BCUT2D eigenvalue weighted by atomic mass is 10.3. The zero-order chi connectivity index (χ0) is 19.3. The van der Waals surface area contributed by atoms with E-state index in [1.165, 1.54) is 0 Å². The van der Waals surface area contributed by atoms with Crippen molar-refractivity contribution in [3.05, 3.63) is 84.0 Å². The average Bonchev–Trinajstić information content (AvgIpc) is 3.47. The Hall–Kier alpha value is -3.13. The van der Waals surface area contributed by atoms with Gasteiger partial charge in [0.1, 0.15) is 16.3 Å². The van der Waals surface area contributed by atoms with Gasteiger partial charge in [-0.05, 0) is 72.8 Å². The number of hydrogen-bond donors (Lipinski definition) is 2. The Labute approximate surface area is 171 Å². The molecule has 0 aromatic carbocycles. The quantitative estimate of drug-likeness (QED) is 0.302. The average molecular weight is 378 g/mol. The first kappa shape index (κ1) is 18.2. The van der Waals surface area contributed by atoms with Crippen molar-refractivity contribution < 1.29 is 0 Å². The summed E-state index contributed by atoms with van der Waals surface area (Å²) in [6.07, 6.45) is 9.93. The maximum Gasteiger partial charge on any atom is 0.124 e. The van der Waals surface area contributed by atoms with Gasteiger partial charge in [-0.2, -0.15) is 0 Å². The topological polar surface area (TPSA) is 57.4 Å². The highest BCUT2D eigenvalue weighted by Crippen LogP contribution is 2.16. The van der Waals surface area contributed by atoms with E-state index in [1.807, 2.05) is 54.6 Å². The molecule has 0 spiro atoms. The van der Waals surface area contributed by atoms with Crippen LogP contribution in [0.1, 0.15) is 22.8 Å². The minimum atomic E-state index is 0.939. The van der Waals surface area contributed by atoms with Gasteiger partial charge in [0.25, 0.3) is 0 Å². The van der Waals surface area contributed by atoms with Crippen molar-refractivity contribution in [3.63, 3.8) is 0 Å². The summed E-state index contributed by atoms with van der Waals surface area (Å²) in [5.74, 6) is 0. The molecular weight excluding hydrogens is 359 g/mol. The van der Waals surface area contributed by atoms with Crippen LogP contribution in [0.5, 0.6) is 0 Å². The monoisotopic (exact) mass is 378 g/mol. The summed E-state index contributed by atoms with van der Waals surface area (Å²) in [6.45, 7) is 3.46. The van der Waals surface area contributed by atoms with E-state index in [2.05, 4.69) is 67.1 Å². The first-order valence-corrected chi connectivity index (χ1v) is 9.89. The highest BCUT2D eigenvalue weighted by Gasteiger charge is 2.01. The second-order valence-electron chi connectivity index (χ2n) is 6.43. The molecule has 8 bridgehead atoms. The van der Waals surface area contributed by atoms with Crippen LogP contribution >= 0.6 is 0 Å². The van der Waals surface area contributed by atoms with Crippen molar-refractivity contribution in [3.8, 4) is 0 Å². The lowest BCUT2D eigenvalue weighted by Gasteiger charge is -1.85. The van der Waals surface area contributed by atoms with Crippen LogP contribution in [0.3, 0.4) is 0 Å². The number of nitrogens with one attached hydrogen (secondary N) is 2. The Kier molecular flexibility index (Phi) is 5.39. The first-order valence-electron chi connectivity index (χ1n) is 9.07. The lowest BCUT2D eigenvalue weighted by molar-refractivity contribution is 1.31. The van der Waals surface area contributed by atoms with Crippen LogP contribution in [0.2, 0.25) is 5.28 Å². The van der Waals surface area contributed by atoms with E-state index in [-0.39, 0.29) is 0 Å². The third kappa shape index (κ3) is 4.40. The van der Waals surface area contributed by atoms with Gasteiger partial charge in [-0.3, -0.25) is 0 Å². The largest absolute Gasteiger partial charge is 0.355 e. The second-order valence-corrected chi connectivity index (χ2v) is 6.90. The molecular formula is C23H19AlN4. The summed E-state index contributed by atoms with van der Waals surface area (Å²) in [5.41, 5.74) is 7.86. The Morgan fingerprint density at radius 3 is 1.21 bits per heavy atom. The molecule has 0 atom stereocenters. The molecule has 0 amide bonds. The number of allylic oxidation sites excluding steroid dienone is 1. The molecule has 3 aromatic heterocycles. The van der Waals surface area contributed by atoms with Crippen LogP contribution in [0.15, 0.2) is 61.2 Å². The number of hydrogen-bond acceptors (Lipinski definition) is 2. The standard InChI is InChI=1S/C20H14N4.C3H5.Al/c1-2-14-10-16-5-6-18(23-16)12-20-8-7-19(24-20)11-17-4-3-15(22-17)9-13(1)21-14;1-3-2;/h1-12,21,24H;3H,1-2H2;. The Morgan fingerprint density at radius 1 is 0.679 bits per heavy atom. The van der Waals surface area contributed by atoms with E-state index in [0.717, 1.165) is 50.1 Å². The third-order valence-electron chi connectivity index (χ3n) is 4.21. The van der Waals surface area contributed by atoms with Crippen LogP contribution in [0.4, 0.5) is 0 Å². The van der Waals surface area contributed by atoms with Crippen molar-refractivity contribution in [1.29, 1.82) is 0 Å². The second kappa shape index (κ2) is 8.26. The Bertz CT molecular complexity index is 1050. The third-order valence-corrected chi connectivity index (χ3v) is 4.54. The predicted molar refractivity (Wildman–Crippen MR) is 120 cm³/mol. The fourth-order valence-electron chi connectivity index (χ4n) is 2.94. The van der Waals surface area contributed by atoms with E-state index < -0.39 is 0 Å².